The Hall–Kier alpha value is -3.47. The fourth-order valence-corrected chi connectivity index (χ4v) is 5.03. The zero-order chi connectivity index (χ0) is 26.7. The maximum absolute atomic E-state index is 13.2. The van der Waals surface area contributed by atoms with E-state index < -0.39 is 23.8 Å². The van der Waals surface area contributed by atoms with E-state index in [0.717, 1.165) is 10.5 Å². The molecule has 0 aromatic heterocycles. The third-order valence-corrected chi connectivity index (χ3v) is 6.47. The maximum atomic E-state index is 13.2. The van der Waals surface area contributed by atoms with Gasteiger partial charge in [0.05, 0.1) is 10.2 Å². The zero-order valence-corrected chi connectivity index (χ0v) is 23.1. The average molecular weight is 648 g/mol. The minimum absolute atomic E-state index is 0.202. The minimum atomic E-state index is -0.894. The molecule has 4 rings (SSSR count). The Bertz CT molecular complexity index is 1460. The molecule has 37 heavy (non-hydrogen) atoms. The Morgan fingerprint density at radius 1 is 1.08 bits per heavy atom. The molecule has 0 bridgehead atoms. The van der Waals surface area contributed by atoms with Gasteiger partial charge in [-0.25, -0.2) is 9.69 Å². The van der Waals surface area contributed by atoms with Crippen LogP contribution >= 0.6 is 43.5 Å². The number of halogens is 3. The lowest BCUT2D eigenvalue weighted by atomic mass is 10.1. The van der Waals surface area contributed by atoms with E-state index in [-0.39, 0.29) is 23.6 Å². The van der Waals surface area contributed by atoms with Crippen molar-refractivity contribution in [2.45, 2.75) is 6.92 Å². The number of nitrogens with one attached hydrogen (secondary N) is 2. The van der Waals surface area contributed by atoms with Gasteiger partial charge in [-0.3, -0.25) is 19.7 Å². The Kier molecular flexibility index (Phi) is 8.11. The van der Waals surface area contributed by atoms with Gasteiger partial charge >= 0.3 is 6.03 Å². The third kappa shape index (κ3) is 6.27. The van der Waals surface area contributed by atoms with Gasteiger partial charge in [-0.05, 0) is 71.4 Å². The predicted molar refractivity (Wildman–Crippen MR) is 148 cm³/mol. The number of urea groups is 1. The number of anilines is 2. The van der Waals surface area contributed by atoms with Crippen LogP contribution < -0.4 is 20.3 Å². The molecule has 0 radical (unpaired) electrons. The molecule has 8 nitrogen and oxygen atoms in total. The molecule has 0 saturated carbocycles. The number of carbonyl (C=O) groups is 4. The van der Waals surface area contributed by atoms with E-state index in [1.54, 1.807) is 36.4 Å². The number of hydrogen-bond donors (Lipinski definition) is 2. The molecule has 0 atom stereocenters. The number of ether oxygens (including phenoxy) is 1. The summed E-state index contributed by atoms with van der Waals surface area (Å²) in [7, 11) is 0. The van der Waals surface area contributed by atoms with E-state index in [4.69, 9.17) is 16.3 Å². The van der Waals surface area contributed by atoms with Gasteiger partial charge in [0.2, 0.25) is 0 Å². The molecule has 1 fully saturated rings. The van der Waals surface area contributed by atoms with Crippen molar-refractivity contribution in [3.8, 4) is 5.75 Å². The van der Waals surface area contributed by atoms with E-state index in [0.29, 0.717) is 25.2 Å². The fourth-order valence-electron chi connectivity index (χ4n) is 3.47. The minimum Gasteiger partial charge on any atom is -0.482 e. The maximum Gasteiger partial charge on any atom is 0.335 e. The number of amides is 5. The molecule has 3 aromatic carbocycles. The molecule has 3 aromatic rings. The van der Waals surface area contributed by atoms with Gasteiger partial charge in [-0.1, -0.05) is 51.3 Å². The monoisotopic (exact) mass is 645 g/mol. The molecule has 0 aliphatic carbocycles. The molecule has 188 valence electrons. The number of carbonyl (C=O) groups excluding carboxylic acids is 4. The molecule has 1 saturated heterocycles. The van der Waals surface area contributed by atoms with Crippen LogP contribution in [0.3, 0.4) is 0 Å². The van der Waals surface area contributed by atoms with Crippen molar-refractivity contribution in [2.24, 2.45) is 0 Å². The van der Waals surface area contributed by atoms with E-state index in [9.17, 15) is 19.2 Å². The number of benzene rings is 3. The summed E-state index contributed by atoms with van der Waals surface area (Å²) >= 11 is 12.8. The molecular weight excluding hydrogens is 630 g/mol. The van der Waals surface area contributed by atoms with Crippen molar-refractivity contribution in [2.75, 3.05) is 16.8 Å². The number of barbiturate groups is 1. The zero-order valence-electron chi connectivity index (χ0n) is 19.2. The normalized spacial score (nSPS) is 14.5. The highest BCUT2D eigenvalue weighted by atomic mass is 79.9. The van der Waals surface area contributed by atoms with E-state index in [2.05, 4.69) is 42.5 Å². The van der Waals surface area contributed by atoms with Crippen LogP contribution in [0, 0.1) is 6.92 Å². The van der Waals surface area contributed by atoms with Crippen molar-refractivity contribution < 1.29 is 23.9 Å². The van der Waals surface area contributed by atoms with Crippen LogP contribution in [-0.2, 0) is 14.4 Å². The van der Waals surface area contributed by atoms with Crippen LogP contribution in [0.2, 0.25) is 5.02 Å². The number of hydrogen-bond acceptors (Lipinski definition) is 5. The summed E-state index contributed by atoms with van der Waals surface area (Å²) in [5.41, 5.74) is 1.89. The smallest absolute Gasteiger partial charge is 0.335 e. The lowest BCUT2D eigenvalue weighted by Crippen LogP contribution is -2.54. The molecule has 1 aliphatic rings. The van der Waals surface area contributed by atoms with Crippen LogP contribution in [0.1, 0.15) is 11.1 Å². The first-order valence-corrected chi connectivity index (χ1v) is 12.7. The summed E-state index contributed by atoms with van der Waals surface area (Å²) in [4.78, 5) is 51.6. The summed E-state index contributed by atoms with van der Waals surface area (Å²) in [6, 6.07) is 15.8. The van der Waals surface area contributed by atoms with Crippen molar-refractivity contribution >= 4 is 84.7 Å². The summed E-state index contributed by atoms with van der Waals surface area (Å²) in [6.07, 6.45) is 1.30. The Morgan fingerprint density at radius 2 is 1.81 bits per heavy atom. The van der Waals surface area contributed by atoms with Crippen LogP contribution in [0.25, 0.3) is 6.08 Å². The lowest BCUT2D eigenvalue weighted by Gasteiger charge is -2.26. The third-order valence-electron chi connectivity index (χ3n) is 5.19. The fraction of sp³-hybridized carbons (Fsp3) is 0.0769. The van der Waals surface area contributed by atoms with Crippen molar-refractivity contribution in [3.63, 3.8) is 0 Å². The summed E-state index contributed by atoms with van der Waals surface area (Å²) in [6.45, 7) is 1.61. The SMILES string of the molecule is Cc1ccc(NC(=O)COc2c(Br)cc(Br)cc2/C=C2\C(=O)NC(=O)N(c3cccc(Cl)c3)C2=O)cc1. The second-order valence-electron chi connectivity index (χ2n) is 7.95. The van der Waals surface area contributed by atoms with Gasteiger partial charge in [0, 0.05) is 20.7 Å². The predicted octanol–water partition coefficient (Wildman–Crippen LogP) is 5.86. The molecule has 2 N–H and O–H groups in total. The molecule has 0 spiro atoms. The summed E-state index contributed by atoms with van der Waals surface area (Å²) < 4.78 is 6.87. The molecule has 1 heterocycles. The Balaban J connectivity index is 1.62. The molecular formula is C26H18Br2ClN3O5. The highest BCUT2D eigenvalue weighted by Gasteiger charge is 2.37. The first kappa shape index (κ1) is 26.6. The first-order valence-electron chi connectivity index (χ1n) is 10.8. The molecule has 1 aliphatic heterocycles. The van der Waals surface area contributed by atoms with Crippen LogP contribution in [-0.4, -0.2) is 30.4 Å². The highest BCUT2D eigenvalue weighted by molar-refractivity contribution is 9.11. The molecule has 0 unspecified atom stereocenters. The molecule has 11 heteroatoms. The first-order chi connectivity index (χ1) is 17.6. The topological polar surface area (TPSA) is 105 Å². The Morgan fingerprint density at radius 3 is 2.51 bits per heavy atom. The summed E-state index contributed by atoms with van der Waals surface area (Å²) in [5, 5.41) is 5.22. The van der Waals surface area contributed by atoms with E-state index in [1.165, 1.54) is 18.2 Å². The Labute approximate surface area is 233 Å². The largest absolute Gasteiger partial charge is 0.482 e. The van der Waals surface area contributed by atoms with Gasteiger partial charge in [-0.15, -0.1) is 0 Å². The highest BCUT2D eigenvalue weighted by Crippen LogP contribution is 2.35. The van der Waals surface area contributed by atoms with Crippen molar-refractivity contribution in [3.05, 3.63) is 91.3 Å². The lowest BCUT2D eigenvalue weighted by molar-refractivity contribution is -0.122. The van der Waals surface area contributed by atoms with Gasteiger partial charge < -0.3 is 10.1 Å². The number of nitrogens with zero attached hydrogens (tertiary/aromatic N) is 1. The van der Waals surface area contributed by atoms with Crippen LogP contribution in [0.15, 0.2) is 75.2 Å². The van der Waals surface area contributed by atoms with Gasteiger partial charge in [-0.2, -0.15) is 0 Å². The number of imide groups is 2. The standard InChI is InChI=1S/C26H18Br2ClN3O5/c1-14-5-7-18(8-6-14)30-22(33)13-37-23-15(9-16(27)11-21(23)28)10-20-24(34)31-26(36)32(25(20)35)19-4-2-3-17(29)12-19/h2-12H,13H2,1H3,(H,30,33)(H,31,34,36)/b20-10+. The average Bonchev–Trinajstić information content (AvgIpc) is 2.82. The van der Waals surface area contributed by atoms with E-state index in [1.807, 2.05) is 19.1 Å². The quantitative estimate of drug-likeness (QED) is 0.258. The number of rotatable bonds is 6. The second kappa shape index (κ2) is 11.3. The van der Waals surface area contributed by atoms with Crippen molar-refractivity contribution in [1.82, 2.24) is 5.32 Å². The molecule has 5 amide bonds. The second-order valence-corrected chi connectivity index (χ2v) is 10.2. The van der Waals surface area contributed by atoms with Gasteiger partial charge in [0.1, 0.15) is 11.3 Å². The number of aryl methyl sites for hydroxylation is 1. The van der Waals surface area contributed by atoms with Crippen LogP contribution in [0.5, 0.6) is 5.75 Å². The van der Waals surface area contributed by atoms with Crippen LogP contribution in [0.4, 0.5) is 16.2 Å². The van der Waals surface area contributed by atoms with Gasteiger partial charge in [0.25, 0.3) is 17.7 Å². The van der Waals surface area contributed by atoms with Crippen molar-refractivity contribution in [1.29, 1.82) is 0 Å². The summed E-state index contributed by atoms with van der Waals surface area (Å²) in [5.74, 6) is -1.88. The van der Waals surface area contributed by atoms with Gasteiger partial charge in [0.15, 0.2) is 6.61 Å². The van der Waals surface area contributed by atoms with E-state index >= 15 is 0 Å².